The monoisotopic (exact) mass is 272 g/mol. The third-order valence-electron chi connectivity index (χ3n) is 4.68. The molecule has 108 valence electrons. The average Bonchev–Trinajstić information content (AvgIpc) is 3.00. The summed E-state index contributed by atoms with van der Waals surface area (Å²) in [5.74, 6) is 1.17. The van der Waals surface area contributed by atoms with Crippen molar-refractivity contribution in [2.45, 2.75) is 50.9 Å². The van der Waals surface area contributed by atoms with Crippen molar-refractivity contribution in [3.8, 4) is 0 Å². The third-order valence-corrected chi connectivity index (χ3v) is 4.68. The zero-order valence-corrected chi connectivity index (χ0v) is 11.9. The van der Waals surface area contributed by atoms with Crippen LogP contribution in [-0.4, -0.2) is 17.5 Å². The first-order valence-corrected chi connectivity index (χ1v) is 7.87. The SMILES string of the molecule is OC1C[C@H]2C(CC[C@@H]2/C=C/CCCc2ccccc2)O1. The van der Waals surface area contributed by atoms with E-state index in [0.717, 1.165) is 25.7 Å². The number of hydrogen-bond acceptors (Lipinski definition) is 2. The molecule has 2 heteroatoms. The molecule has 1 aliphatic carbocycles. The smallest absolute Gasteiger partial charge is 0.155 e. The highest BCUT2D eigenvalue weighted by atomic mass is 16.6. The lowest BCUT2D eigenvalue weighted by Crippen LogP contribution is -2.11. The van der Waals surface area contributed by atoms with Gasteiger partial charge in [-0.2, -0.15) is 0 Å². The molecule has 3 rings (SSSR count). The van der Waals surface area contributed by atoms with E-state index in [9.17, 15) is 5.11 Å². The molecule has 1 aromatic rings. The Balaban J connectivity index is 1.40. The molecule has 2 nitrogen and oxygen atoms in total. The second-order valence-electron chi connectivity index (χ2n) is 6.08. The predicted molar refractivity (Wildman–Crippen MR) is 80.2 cm³/mol. The summed E-state index contributed by atoms with van der Waals surface area (Å²) in [6, 6.07) is 10.7. The minimum absolute atomic E-state index is 0.309. The first kappa shape index (κ1) is 13.8. The number of aliphatic hydroxyl groups is 1. The Kier molecular flexibility index (Phi) is 4.54. The van der Waals surface area contributed by atoms with E-state index in [2.05, 4.69) is 42.5 Å². The maximum Gasteiger partial charge on any atom is 0.155 e. The fourth-order valence-electron chi connectivity index (χ4n) is 3.62. The van der Waals surface area contributed by atoms with Crippen LogP contribution >= 0.6 is 0 Å². The van der Waals surface area contributed by atoms with E-state index in [1.807, 2.05) is 0 Å². The van der Waals surface area contributed by atoms with Crippen LogP contribution in [0.3, 0.4) is 0 Å². The number of aryl methyl sites for hydroxylation is 1. The fourth-order valence-corrected chi connectivity index (χ4v) is 3.62. The molecule has 1 saturated heterocycles. The van der Waals surface area contributed by atoms with Gasteiger partial charge in [-0.1, -0.05) is 42.5 Å². The number of unbranched alkanes of at least 4 members (excludes halogenated alkanes) is 1. The Hall–Kier alpha value is -1.12. The van der Waals surface area contributed by atoms with Crippen molar-refractivity contribution in [2.75, 3.05) is 0 Å². The average molecular weight is 272 g/mol. The topological polar surface area (TPSA) is 29.5 Å². The van der Waals surface area contributed by atoms with Crippen LogP contribution in [0.1, 0.15) is 37.7 Å². The van der Waals surface area contributed by atoms with Gasteiger partial charge in [-0.15, -0.1) is 0 Å². The van der Waals surface area contributed by atoms with E-state index >= 15 is 0 Å². The van der Waals surface area contributed by atoms with Crippen molar-refractivity contribution in [3.63, 3.8) is 0 Å². The number of allylic oxidation sites excluding steroid dienone is 2. The Morgan fingerprint density at radius 1 is 1.20 bits per heavy atom. The maximum atomic E-state index is 9.54. The highest BCUT2D eigenvalue weighted by Crippen LogP contribution is 2.43. The zero-order valence-electron chi connectivity index (χ0n) is 11.9. The van der Waals surface area contributed by atoms with Crippen LogP contribution in [0.5, 0.6) is 0 Å². The van der Waals surface area contributed by atoms with E-state index in [-0.39, 0.29) is 0 Å². The first-order chi connectivity index (χ1) is 9.83. The van der Waals surface area contributed by atoms with Crippen molar-refractivity contribution < 1.29 is 9.84 Å². The Labute approximate surface area is 121 Å². The lowest BCUT2D eigenvalue weighted by Gasteiger charge is -2.12. The van der Waals surface area contributed by atoms with Gasteiger partial charge in [0.05, 0.1) is 6.10 Å². The van der Waals surface area contributed by atoms with Gasteiger partial charge in [-0.3, -0.25) is 0 Å². The fraction of sp³-hybridized carbons (Fsp3) is 0.556. The molecule has 1 aromatic carbocycles. The van der Waals surface area contributed by atoms with Crippen molar-refractivity contribution in [3.05, 3.63) is 48.0 Å². The van der Waals surface area contributed by atoms with Crippen molar-refractivity contribution in [1.82, 2.24) is 0 Å². The van der Waals surface area contributed by atoms with Crippen molar-refractivity contribution in [2.24, 2.45) is 11.8 Å². The Bertz CT molecular complexity index is 440. The molecule has 20 heavy (non-hydrogen) atoms. The number of fused-ring (bicyclic) bond motifs is 1. The molecular weight excluding hydrogens is 248 g/mol. The van der Waals surface area contributed by atoms with E-state index in [4.69, 9.17) is 4.74 Å². The van der Waals surface area contributed by atoms with Crippen LogP contribution in [-0.2, 0) is 11.2 Å². The number of rotatable bonds is 5. The Morgan fingerprint density at radius 2 is 2.05 bits per heavy atom. The van der Waals surface area contributed by atoms with Crippen LogP contribution in [0.4, 0.5) is 0 Å². The summed E-state index contributed by atoms with van der Waals surface area (Å²) in [5, 5.41) is 9.54. The molecule has 4 atom stereocenters. The van der Waals surface area contributed by atoms with Gasteiger partial charge in [0.2, 0.25) is 0 Å². The summed E-state index contributed by atoms with van der Waals surface area (Å²) in [5.41, 5.74) is 1.43. The third kappa shape index (κ3) is 3.31. The van der Waals surface area contributed by atoms with Crippen molar-refractivity contribution >= 4 is 0 Å². The summed E-state index contributed by atoms with van der Waals surface area (Å²) >= 11 is 0. The van der Waals surface area contributed by atoms with E-state index < -0.39 is 6.29 Å². The van der Waals surface area contributed by atoms with Gasteiger partial charge in [0.1, 0.15) is 0 Å². The second-order valence-corrected chi connectivity index (χ2v) is 6.08. The quantitative estimate of drug-likeness (QED) is 0.654. The number of hydrogen-bond donors (Lipinski definition) is 1. The molecule has 2 aliphatic rings. The normalized spacial score (nSPS) is 32.9. The van der Waals surface area contributed by atoms with E-state index in [0.29, 0.717) is 17.9 Å². The van der Waals surface area contributed by atoms with Crippen LogP contribution < -0.4 is 0 Å². The molecule has 0 radical (unpaired) electrons. The van der Waals surface area contributed by atoms with Crippen LogP contribution in [0.15, 0.2) is 42.5 Å². The van der Waals surface area contributed by atoms with E-state index in [1.54, 1.807) is 0 Å². The minimum atomic E-state index is -0.515. The molecule has 0 amide bonds. The second kappa shape index (κ2) is 6.55. The van der Waals surface area contributed by atoms with Gasteiger partial charge in [0, 0.05) is 6.42 Å². The number of ether oxygens (including phenoxy) is 1. The molecule has 2 fully saturated rings. The summed E-state index contributed by atoms with van der Waals surface area (Å²) in [6.07, 6.45) is 11.2. The van der Waals surface area contributed by atoms with Crippen LogP contribution in [0.2, 0.25) is 0 Å². The maximum absolute atomic E-state index is 9.54. The lowest BCUT2D eigenvalue weighted by atomic mass is 9.92. The molecule has 2 unspecified atom stereocenters. The predicted octanol–water partition coefficient (Wildman–Crippen LogP) is 3.70. The minimum Gasteiger partial charge on any atom is -0.368 e. The molecule has 1 heterocycles. The molecule has 1 saturated carbocycles. The summed E-state index contributed by atoms with van der Waals surface area (Å²) in [6.45, 7) is 0. The summed E-state index contributed by atoms with van der Waals surface area (Å²) in [4.78, 5) is 0. The van der Waals surface area contributed by atoms with Gasteiger partial charge >= 0.3 is 0 Å². The lowest BCUT2D eigenvalue weighted by molar-refractivity contribution is -0.0906. The highest BCUT2D eigenvalue weighted by molar-refractivity contribution is 5.14. The molecule has 1 N–H and O–H groups in total. The standard InChI is InChI=1S/C18H24O2/c19-18-13-16-15(11-12-17(16)20-18)10-6-2-5-9-14-7-3-1-4-8-14/h1,3-4,6-8,10,15-19H,2,5,9,11-13H2/b10-6+/t15-,16+,17?,18?/m0/s1. The van der Waals surface area contributed by atoms with E-state index in [1.165, 1.54) is 18.4 Å². The van der Waals surface area contributed by atoms with Gasteiger partial charge in [-0.25, -0.2) is 0 Å². The largest absolute Gasteiger partial charge is 0.368 e. The zero-order chi connectivity index (χ0) is 13.8. The molecule has 0 bridgehead atoms. The highest BCUT2D eigenvalue weighted by Gasteiger charge is 2.42. The Morgan fingerprint density at radius 3 is 2.90 bits per heavy atom. The van der Waals surface area contributed by atoms with Gasteiger partial charge < -0.3 is 9.84 Å². The first-order valence-electron chi connectivity index (χ1n) is 7.87. The molecule has 1 aliphatic heterocycles. The van der Waals surface area contributed by atoms with Gasteiger partial charge in [-0.05, 0) is 49.5 Å². The van der Waals surface area contributed by atoms with Gasteiger partial charge in [0.15, 0.2) is 6.29 Å². The molecular formula is C18H24O2. The van der Waals surface area contributed by atoms with Crippen LogP contribution in [0.25, 0.3) is 0 Å². The summed E-state index contributed by atoms with van der Waals surface area (Å²) in [7, 11) is 0. The summed E-state index contributed by atoms with van der Waals surface area (Å²) < 4.78 is 5.52. The molecule has 0 spiro atoms. The van der Waals surface area contributed by atoms with Crippen molar-refractivity contribution in [1.29, 1.82) is 0 Å². The van der Waals surface area contributed by atoms with Gasteiger partial charge in [0.25, 0.3) is 0 Å². The number of benzene rings is 1. The molecule has 0 aromatic heterocycles. The van der Waals surface area contributed by atoms with Crippen LogP contribution in [0, 0.1) is 11.8 Å². The number of aliphatic hydroxyl groups excluding tert-OH is 1.